The lowest BCUT2D eigenvalue weighted by Crippen LogP contribution is -2.35. The molecule has 1 aromatic heterocycles. The molecule has 0 saturated carbocycles. The van der Waals surface area contributed by atoms with Gasteiger partial charge < -0.3 is 10.1 Å². The highest BCUT2D eigenvalue weighted by Gasteiger charge is 2.12. The van der Waals surface area contributed by atoms with Gasteiger partial charge in [0.25, 0.3) is 5.91 Å². The summed E-state index contributed by atoms with van der Waals surface area (Å²) in [5, 5.41) is 10.3. The Labute approximate surface area is 177 Å². The molecule has 6 nitrogen and oxygen atoms in total. The van der Waals surface area contributed by atoms with Crippen molar-refractivity contribution >= 4 is 11.6 Å². The highest BCUT2D eigenvalue weighted by atomic mass is 16.5. The van der Waals surface area contributed by atoms with Crippen molar-refractivity contribution in [3.8, 4) is 0 Å². The number of aryl methyl sites for hydroxylation is 2. The Hall–Kier alpha value is -2.96. The second-order valence-electron chi connectivity index (χ2n) is 7.83. The SMILES string of the molecule is Cc1n[nH]c(C)c1Cc1ccc(NC(=O)c2ccc(CN3CCOCC3)cc2)cc1. The van der Waals surface area contributed by atoms with Gasteiger partial charge >= 0.3 is 0 Å². The van der Waals surface area contributed by atoms with Gasteiger partial charge in [-0.3, -0.25) is 14.8 Å². The van der Waals surface area contributed by atoms with E-state index in [1.54, 1.807) is 0 Å². The molecular weight excluding hydrogens is 376 g/mol. The van der Waals surface area contributed by atoms with Gasteiger partial charge in [0, 0.05) is 48.6 Å². The summed E-state index contributed by atoms with van der Waals surface area (Å²) < 4.78 is 5.39. The average molecular weight is 405 g/mol. The molecule has 2 heterocycles. The van der Waals surface area contributed by atoms with Crippen LogP contribution >= 0.6 is 0 Å². The Morgan fingerprint density at radius 3 is 2.33 bits per heavy atom. The zero-order valence-corrected chi connectivity index (χ0v) is 17.6. The number of carbonyl (C=O) groups excluding carboxylic acids is 1. The number of hydrogen-bond acceptors (Lipinski definition) is 4. The normalized spacial score (nSPS) is 14.6. The van der Waals surface area contributed by atoms with Crippen LogP contribution in [0.4, 0.5) is 5.69 Å². The van der Waals surface area contributed by atoms with E-state index < -0.39 is 0 Å². The maximum Gasteiger partial charge on any atom is 0.255 e. The monoisotopic (exact) mass is 404 g/mol. The first-order valence-corrected chi connectivity index (χ1v) is 10.4. The van der Waals surface area contributed by atoms with Gasteiger partial charge in [-0.1, -0.05) is 24.3 Å². The fraction of sp³-hybridized carbons (Fsp3) is 0.333. The standard InChI is InChI=1S/C24H28N4O2/c1-17-23(18(2)27-26-17)15-19-5-9-22(10-6-19)25-24(29)21-7-3-20(4-8-21)16-28-11-13-30-14-12-28/h3-10H,11-16H2,1-2H3,(H,25,29)(H,26,27). The van der Waals surface area contributed by atoms with E-state index >= 15 is 0 Å². The van der Waals surface area contributed by atoms with Crippen LogP contribution in [0.2, 0.25) is 0 Å². The summed E-state index contributed by atoms with van der Waals surface area (Å²) in [6.07, 6.45) is 0.826. The maximum atomic E-state index is 12.6. The van der Waals surface area contributed by atoms with Crippen LogP contribution in [-0.2, 0) is 17.7 Å². The lowest BCUT2D eigenvalue weighted by atomic mass is 10.0. The molecule has 4 rings (SSSR count). The van der Waals surface area contributed by atoms with Gasteiger partial charge in [0.05, 0.1) is 18.9 Å². The number of benzene rings is 2. The fourth-order valence-corrected chi connectivity index (χ4v) is 3.73. The van der Waals surface area contributed by atoms with Gasteiger partial charge in [-0.25, -0.2) is 0 Å². The molecule has 0 unspecified atom stereocenters. The Morgan fingerprint density at radius 1 is 1.03 bits per heavy atom. The number of amides is 1. The first kappa shape index (κ1) is 20.3. The lowest BCUT2D eigenvalue weighted by molar-refractivity contribution is 0.0342. The number of morpholine rings is 1. The third-order valence-electron chi connectivity index (χ3n) is 5.60. The first-order chi connectivity index (χ1) is 14.6. The molecule has 156 valence electrons. The number of nitrogens with zero attached hydrogens (tertiary/aromatic N) is 2. The van der Waals surface area contributed by atoms with Gasteiger partial charge in [-0.2, -0.15) is 5.10 Å². The predicted octanol–water partition coefficient (Wildman–Crippen LogP) is 3.70. The summed E-state index contributed by atoms with van der Waals surface area (Å²) in [4.78, 5) is 15.0. The van der Waals surface area contributed by atoms with Crippen molar-refractivity contribution in [3.63, 3.8) is 0 Å². The molecule has 1 saturated heterocycles. The average Bonchev–Trinajstić information content (AvgIpc) is 3.08. The largest absolute Gasteiger partial charge is 0.379 e. The molecule has 2 N–H and O–H groups in total. The van der Waals surface area contributed by atoms with Crippen molar-refractivity contribution in [3.05, 3.63) is 82.2 Å². The number of carbonyl (C=O) groups is 1. The van der Waals surface area contributed by atoms with Crippen LogP contribution in [0.25, 0.3) is 0 Å². The van der Waals surface area contributed by atoms with Crippen LogP contribution in [0, 0.1) is 13.8 Å². The van der Waals surface area contributed by atoms with Crippen LogP contribution in [0.1, 0.15) is 38.4 Å². The molecule has 0 atom stereocenters. The van der Waals surface area contributed by atoms with Crippen LogP contribution < -0.4 is 5.32 Å². The number of nitrogens with one attached hydrogen (secondary N) is 2. The Bertz CT molecular complexity index is 968. The minimum atomic E-state index is -0.0952. The zero-order chi connectivity index (χ0) is 20.9. The molecule has 0 bridgehead atoms. The van der Waals surface area contributed by atoms with E-state index in [-0.39, 0.29) is 5.91 Å². The van der Waals surface area contributed by atoms with Gasteiger partial charge in [-0.05, 0) is 49.2 Å². The minimum Gasteiger partial charge on any atom is -0.379 e. The third kappa shape index (κ3) is 4.96. The Morgan fingerprint density at radius 2 is 1.70 bits per heavy atom. The van der Waals surface area contributed by atoms with E-state index in [9.17, 15) is 4.79 Å². The molecule has 1 fully saturated rings. The van der Waals surface area contributed by atoms with Crippen molar-refractivity contribution in [2.75, 3.05) is 31.6 Å². The Balaban J connectivity index is 1.34. The molecule has 2 aromatic carbocycles. The molecule has 1 aliphatic rings. The molecule has 0 radical (unpaired) electrons. The van der Waals surface area contributed by atoms with Crippen molar-refractivity contribution in [2.24, 2.45) is 0 Å². The number of aromatic amines is 1. The molecule has 0 spiro atoms. The summed E-state index contributed by atoms with van der Waals surface area (Å²) >= 11 is 0. The van der Waals surface area contributed by atoms with Crippen LogP contribution in [0.15, 0.2) is 48.5 Å². The van der Waals surface area contributed by atoms with E-state index in [0.29, 0.717) is 5.56 Å². The summed E-state index contributed by atoms with van der Waals surface area (Å²) in [7, 11) is 0. The van der Waals surface area contributed by atoms with Crippen molar-refractivity contribution in [1.82, 2.24) is 15.1 Å². The summed E-state index contributed by atoms with van der Waals surface area (Å²) in [6.45, 7) is 8.44. The molecule has 1 aliphatic heterocycles. The van der Waals surface area contributed by atoms with E-state index in [1.165, 1.54) is 16.7 Å². The Kier molecular flexibility index (Phi) is 6.26. The van der Waals surface area contributed by atoms with Crippen LogP contribution in [0.5, 0.6) is 0 Å². The van der Waals surface area contributed by atoms with Crippen LogP contribution in [0.3, 0.4) is 0 Å². The number of ether oxygens (including phenoxy) is 1. The topological polar surface area (TPSA) is 70.2 Å². The van der Waals surface area contributed by atoms with Crippen LogP contribution in [-0.4, -0.2) is 47.3 Å². The number of anilines is 1. The number of hydrogen-bond donors (Lipinski definition) is 2. The molecule has 3 aromatic rings. The third-order valence-corrected chi connectivity index (χ3v) is 5.60. The van der Waals surface area contributed by atoms with E-state index in [4.69, 9.17) is 4.74 Å². The number of aromatic nitrogens is 2. The zero-order valence-electron chi connectivity index (χ0n) is 17.6. The molecule has 30 heavy (non-hydrogen) atoms. The smallest absolute Gasteiger partial charge is 0.255 e. The van der Waals surface area contributed by atoms with Gasteiger partial charge in [0.2, 0.25) is 0 Å². The number of rotatable bonds is 6. The maximum absolute atomic E-state index is 12.6. The summed E-state index contributed by atoms with van der Waals surface area (Å²) in [6, 6.07) is 15.8. The summed E-state index contributed by atoms with van der Waals surface area (Å²) in [5.41, 5.74) is 7.21. The molecule has 6 heteroatoms. The van der Waals surface area contributed by atoms with E-state index in [2.05, 4.69) is 20.4 Å². The van der Waals surface area contributed by atoms with Crippen molar-refractivity contribution in [2.45, 2.75) is 26.8 Å². The van der Waals surface area contributed by atoms with Gasteiger partial charge in [0.15, 0.2) is 0 Å². The second-order valence-corrected chi connectivity index (χ2v) is 7.83. The molecule has 0 aliphatic carbocycles. The number of H-pyrrole nitrogens is 1. The van der Waals surface area contributed by atoms with Crippen molar-refractivity contribution < 1.29 is 9.53 Å². The predicted molar refractivity (Wildman–Crippen MR) is 118 cm³/mol. The molecular formula is C24H28N4O2. The highest BCUT2D eigenvalue weighted by Crippen LogP contribution is 2.18. The van der Waals surface area contributed by atoms with Crippen molar-refractivity contribution in [1.29, 1.82) is 0 Å². The van der Waals surface area contributed by atoms with Gasteiger partial charge in [-0.15, -0.1) is 0 Å². The molecule has 1 amide bonds. The quantitative estimate of drug-likeness (QED) is 0.657. The first-order valence-electron chi connectivity index (χ1n) is 10.4. The van der Waals surface area contributed by atoms with E-state index in [0.717, 1.165) is 56.3 Å². The minimum absolute atomic E-state index is 0.0952. The highest BCUT2D eigenvalue weighted by molar-refractivity contribution is 6.04. The van der Waals surface area contributed by atoms with E-state index in [1.807, 2.05) is 62.4 Å². The second kappa shape index (κ2) is 9.24. The van der Waals surface area contributed by atoms with Gasteiger partial charge in [0.1, 0.15) is 0 Å². The lowest BCUT2D eigenvalue weighted by Gasteiger charge is -2.26. The fourth-order valence-electron chi connectivity index (χ4n) is 3.73. The summed E-state index contributed by atoms with van der Waals surface area (Å²) in [5.74, 6) is -0.0952.